The van der Waals surface area contributed by atoms with Crippen molar-refractivity contribution < 1.29 is 9.59 Å². The van der Waals surface area contributed by atoms with E-state index in [1.54, 1.807) is 0 Å². The first-order valence-electron chi connectivity index (χ1n) is 9.58. The molecule has 0 aromatic heterocycles. The smallest absolute Gasteiger partial charge is 0.239 e. The molecule has 0 spiro atoms. The number of primary amides is 1. The van der Waals surface area contributed by atoms with Crippen LogP contribution >= 0.6 is 0 Å². The van der Waals surface area contributed by atoms with Gasteiger partial charge in [-0.25, -0.2) is 0 Å². The van der Waals surface area contributed by atoms with Crippen molar-refractivity contribution in [3.05, 3.63) is 35.9 Å². The average Bonchev–Trinajstić information content (AvgIpc) is 3.12. The molecule has 6 nitrogen and oxygen atoms in total. The summed E-state index contributed by atoms with van der Waals surface area (Å²) in [5, 5.41) is 0. The first-order valence-corrected chi connectivity index (χ1v) is 9.58. The molecule has 4 atom stereocenters. The second kappa shape index (κ2) is 8.18. The van der Waals surface area contributed by atoms with E-state index in [0.717, 1.165) is 25.9 Å². The van der Waals surface area contributed by atoms with Gasteiger partial charge in [0.25, 0.3) is 0 Å². The van der Waals surface area contributed by atoms with Crippen LogP contribution in [-0.2, 0) is 9.59 Å². The number of carbonyl (C=O) groups excluding carboxylic acids is 2. The number of hydrogen-bond acceptors (Lipinski definition) is 4. The third-order valence-electron chi connectivity index (χ3n) is 6.04. The van der Waals surface area contributed by atoms with Gasteiger partial charge in [0.1, 0.15) is 0 Å². The number of benzene rings is 1. The zero-order chi connectivity index (χ0) is 18.7. The molecule has 26 heavy (non-hydrogen) atoms. The number of nitrogens with zero attached hydrogens (tertiary/aromatic N) is 2. The Morgan fingerprint density at radius 3 is 2.58 bits per heavy atom. The highest BCUT2D eigenvalue weighted by Gasteiger charge is 2.39. The molecule has 2 aliphatic rings. The Morgan fingerprint density at radius 2 is 1.92 bits per heavy atom. The van der Waals surface area contributed by atoms with Crippen molar-refractivity contribution in [1.82, 2.24) is 9.80 Å². The predicted molar refractivity (Wildman–Crippen MR) is 101 cm³/mol. The molecule has 6 heteroatoms. The van der Waals surface area contributed by atoms with Crippen molar-refractivity contribution in [2.75, 3.05) is 32.7 Å². The quantitative estimate of drug-likeness (QED) is 0.813. The van der Waals surface area contributed by atoms with E-state index >= 15 is 0 Å². The summed E-state index contributed by atoms with van der Waals surface area (Å²) in [6.45, 7) is 5.42. The fourth-order valence-electron chi connectivity index (χ4n) is 4.37. The van der Waals surface area contributed by atoms with Gasteiger partial charge in [-0.15, -0.1) is 0 Å². The van der Waals surface area contributed by atoms with Gasteiger partial charge in [0.15, 0.2) is 0 Å². The van der Waals surface area contributed by atoms with Gasteiger partial charge in [0.2, 0.25) is 11.8 Å². The molecular weight excluding hydrogens is 328 g/mol. The van der Waals surface area contributed by atoms with Crippen LogP contribution in [0, 0.1) is 11.8 Å². The molecule has 0 radical (unpaired) electrons. The van der Waals surface area contributed by atoms with E-state index in [1.807, 2.05) is 17.9 Å². The maximum absolute atomic E-state index is 13.0. The molecule has 0 saturated carbocycles. The van der Waals surface area contributed by atoms with Crippen molar-refractivity contribution in [3.8, 4) is 0 Å². The Hall–Kier alpha value is -1.92. The normalized spacial score (nSPS) is 28.1. The lowest BCUT2D eigenvalue weighted by Crippen LogP contribution is -2.51. The monoisotopic (exact) mass is 358 g/mol. The van der Waals surface area contributed by atoms with E-state index in [2.05, 4.69) is 29.2 Å². The van der Waals surface area contributed by atoms with Crippen LogP contribution in [0.15, 0.2) is 30.3 Å². The van der Waals surface area contributed by atoms with Gasteiger partial charge in [0, 0.05) is 32.1 Å². The molecule has 2 amide bonds. The van der Waals surface area contributed by atoms with Crippen molar-refractivity contribution in [2.45, 2.75) is 31.7 Å². The maximum atomic E-state index is 13.0. The van der Waals surface area contributed by atoms with Crippen molar-refractivity contribution >= 4 is 11.8 Å². The van der Waals surface area contributed by atoms with E-state index in [9.17, 15) is 9.59 Å². The zero-order valence-electron chi connectivity index (χ0n) is 15.5. The highest BCUT2D eigenvalue weighted by Crippen LogP contribution is 2.33. The van der Waals surface area contributed by atoms with Crippen LogP contribution in [0.25, 0.3) is 0 Å². The van der Waals surface area contributed by atoms with Crippen LogP contribution in [0.1, 0.15) is 31.2 Å². The third-order valence-corrected chi connectivity index (χ3v) is 6.04. The average molecular weight is 358 g/mol. The Kier molecular flexibility index (Phi) is 5.94. The van der Waals surface area contributed by atoms with E-state index < -0.39 is 0 Å². The van der Waals surface area contributed by atoms with E-state index in [4.69, 9.17) is 11.5 Å². The minimum atomic E-state index is -0.302. The van der Waals surface area contributed by atoms with E-state index in [1.165, 1.54) is 5.56 Å². The zero-order valence-corrected chi connectivity index (χ0v) is 15.5. The van der Waals surface area contributed by atoms with Crippen LogP contribution in [-0.4, -0.2) is 60.4 Å². The molecule has 2 aliphatic heterocycles. The summed E-state index contributed by atoms with van der Waals surface area (Å²) in [6.07, 6.45) is 1.62. The molecule has 2 unspecified atom stereocenters. The minimum Gasteiger partial charge on any atom is -0.369 e. The minimum absolute atomic E-state index is 0.0976. The second-order valence-electron chi connectivity index (χ2n) is 7.67. The number of piperidine rings is 1. The highest BCUT2D eigenvalue weighted by atomic mass is 16.2. The summed E-state index contributed by atoms with van der Waals surface area (Å²) in [7, 11) is 0. The summed E-state index contributed by atoms with van der Waals surface area (Å²) >= 11 is 0. The second-order valence-corrected chi connectivity index (χ2v) is 7.67. The standard InChI is InChI=1S/C20H30N4O2/c1-14(20(26)23-9-5-8-16(11-23)19(22)25)24-12-17(10-21)18(13-24)15-6-3-2-4-7-15/h2-4,6-7,14,16-18H,5,8-13,21H2,1H3,(H2,22,25)/t14?,16?,17-,18+/m1/s1. The molecule has 0 bridgehead atoms. The van der Waals surface area contributed by atoms with Crippen LogP contribution in [0.3, 0.4) is 0 Å². The largest absolute Gasteiger partial charge is 0.369 e. The fraction of sp³-hybridized carbons (Fsp3) is 0.600. The van der Waals surface area contributed by atoms with Gasteiger partial charge in [0.05, 0.1) is 12.0 Å². The van der Waals surface area contributed by atoms with Crippen LogP contribution in [0.4, 0.5) is 0 Å². The van der Waals surface area contributed by atoms with Crippen LogP contribution in [0.5, 0.6) is 0 Å². The Bertz CT molecular complexity index is 636. The lowest BCUT2D eigenvalue weighted by molar-refractivity contribution is -0.139. The predicted octanol–water partition coefficient (Wildman–Crippen LogP) is 0.773. The first kappa shape index (κ1) is 18.9. The summed E-state index contributed by atoms with van der Waals surface area (Å²) in [5.41, 5.74) is 12.8. The van der Waals surface area contributed by atoms with Crippen molar-refractivity contribution in [2.24, 2.45) is 23.3 Å². The fourth-order valence-corrected chi connectivity index (χ4v) is 4.37. The lowest BCUT2D eigenvalue weighted by Gasteiger charge is -2.35. The van der Waals surface area contributed by atoms with Gasteiger partial charge in [-0.2, -0.15) is 0 Å². The lowest BCUT2D eigenvalue weighted by atomic mass is 9.89. The van der Waals surface area contributed by atoms with Crippen LogP contribution in [0.2, 0.25) is 0 Å². The number of likely N-dealkylation sites (tertiary alicyclic amines) is 2. The topological polar surface area (TPSA) is 92.7 Å². The Balaban J connectivity index is 1.67. The van der Waals surface area contributed by atoms with Crippen LogP contribution < -0.4 is 11.5 Å². The van der Waals surface area contributed by atoms with E-state index in [-0.39, 0.29) is 23.8 Å². The number of hydrogen-bond donors (Lipinski definition) is 2. The van der Waals surface area contributed by atoms with Gasteiger partial charge in [-0.1, -0.05) is 30.3 Å². The summed E-state index contributed by atoms with van der Waals surface area (Å²) < 4.78 is 0. The van der Waals surface area contributed by atoms with Crippen molar-refractivity contribution in [3.63, 3.8) is 0 Å². The van der Waals surface area contributed by atoms with Gasteiger partial charge in [-0.05, 0) is 37.8 Å². The molecule has 3 rings (SSSR count). The first-order chi connectivity index (χ1) is 12.5. The number of carbonyl (C=O) groups is 2. The summed E-state index contributed by atoms with van der Waals surface area (Å²) in [6, 6.07) is 10.2. The number of rotatable bonds is 5. The Morgan fingerprint density at radius 1 is 1.19 bits per heavy atom. The van der Waals surface area contributed by atoms with Crippen molar-refractivity contribution in [1.29, 1.82) is 0 Å². The summed E-state index contributed by atoms with van der Waals surface area (Å²) in [4.78, 5) is 28.5. The molecule has 1 aromatic carbocycles. The molecular formula is C20H30N4O2. The third kappa shape index (κ3) is 3.91. The molecule has 2 heterocycles. The molecule has 1 aromatic rings. The maximum Gasteiger partial charge on any atom is 0.239 e. The molecule has 2 fully saturated rings. The van der Waals surface area contributed by atoms with Gasteiger partial charge >= 0.3 is 0 Å². The molecule has 0 aliphatic carbocycles. The molecule has 2 saturated heterocycles. The molecule has 4 N–H and O–H groups in total. The Labute approximate surface area is 155 Å². The van der Waals surface area contributed by atoms with E-state index in [0.29, 0.717) is 31.5 Å². The van der Waals surface area contributed by atoms with Gasteiger partial charge in [-0.3, -0.25) is 14.5 Å². The number of nitrogens with two attached hydrogens (primary N) is 2. The SMILES string of the molecule is CC(C(=O)N1CCCC(C(N)=O)C1)N1C[C@@H](CN)[C@H](c2ccccc2)C1. The van der Waals surface area contributed by atoms with Gasteiger partial charge < -0.3 is 16.4 Å². The number of amides is 2. The molecule has 142 valence electrons. The summed E-state index contributed by atoms with van der Waals surface area (Å²) in [5.74, 6) is 0.292. The highest BCUT2D eigenvalue weighted by molar-refractivity contribution is 5.83.